The van der Waals surface area contributed by atoms with Gasteiger partial charge in [0.25, 0.3) is 15.9 Å². The second-order valence-electron chi connectivity index (χ2n) is 4.16. The highest BCUT2D eigenvalue weighted by Gasteiger charge is 2.18. The number of pyridine rings is 1. The van der Waals surface area contributed by atoms with E-state index in [4.69, 9.17) is 9.47 Å². The SMILES string of the molecule is COc1ccccc1OCC(=O)NS(=O)(=O)c1cccnc1. The van der Waals surface area contributed by atoms with Crippen molar-refractivity contribution in [3.05, 3.63) is 48.8 Å². The van der Waals surface area contributed by atoms with E-state index in [9.17, 15) is 13.2 Å². The molecular weight excluding hydrogens is 308 g/mol. The summed E-state index contributed by atoms with van der Waals surface area (Å²) in [5.74, 6) is -0.000832. The van der Waals surface area contributed by atoms with Gasteiger partial charge in [-0.05, 0) is 24.3 Å². The Hall–Kier alpha value is -2.61. The Morgan fingerprint density at radius 3 is 2.55 bits per heavy atom. The standard InChI is InChI=1S/C14H14N2O5S/c1-20-12-6-2-3-7-13(12)21-10-14(17)16-22(18,19)11-5-4-8-15-9-11/h2-9H,10H2,1H3,(H,16,17). The van der Waals surface area contributed by atoms with Crippen molar-refractivity contribution in [2.45, 2.75) is 4.90 Å². The first-order chi connectivity index (χ1) is 10.5. The molecule has 0 aliphatic heterocycles. The summed E-state index contributed by atoms with van der Waals surface area (Å²) in [7, 11) is -2.49. The largest absolute Gasteiger partial charge is 0.493 e. The van der Waals surface area contributed by atoms with E-state index >= 15 is 0 Å². The van der Waals surface area contributed by atoms with Gasteiger partial charge < -0.3 is 9.47 Å². The molecule has 0 aliphatic carbocycles. The summed E-state index contributed by atoms with van der Waals surface area (Å²) in [5, 5.41) is 0. The van der Waals surface area contributed by atoms with E-state index in [1.54, 1.807) is 24.3 Å². The molecule has 1 N–H and O–H groups in total. The number of methoxy groups -OCH3 is 1. The third-order valence-corrected chi connectivity index (χ3v) is 3.98. The van der Waals surface area contributed by atoms with Crippen molar-refractivity contribution in [2.75, 3.05) is 13.7 Å². The Labute approximate surface area is 128 Å². The van der Waals surface area contributed by atoms with Crippen LogP contribution in [0.15, 0.2) is 53.7 Å². The van der Waals surface area contributed by atoms with Gasteiger partial charge >= 0.3 is 0 Å². The van der Waals surface area contributed by atoms with Crippen LogP contribution in [0.1, 0.15) is 0 Å². The monoisotopic (exact) mass is 322 g/mol. The maximum absolute atomic E-state index is 11.9. The van der Waals surface area contributed by atoms with Crippen molar-refractivity contribution in [3.63, 3.8) is 0 Å². The van der Waals surface area contributed by atoms with Gasteiger partial charge in [0.15, 0.2) is 18.1 Å². The number of sulfonamides is 1. The fourth-order valence-corrected chi connectivity index (χ4v) is 2.56. The molecule has 0 aliphatic rings. The summed E-state index contributed by atoms with van der Waals surface area (Å²) < 4.78 is 36.1. The second-order valence-corrected chi connectivity index (χ2v) is 5.84. The maximum Gasteiger partial charge on any atom is 0.271 e. The predicted octanol–water partition coefficient (Wildman–Crippen LogP) is 0.974. The molecule has 0 radical (unpaired) electrons. The van der Waals surface area contributed by atoms with E-state index in [0.717, 1.165) is 6.20 Å². The molecule has 2 rings (SSSR count). The number of carbonyl (C=O) groups excluding carboxylic acids is 1. The minimum atomic E-state index is -3.95. The van der Waals surface area contributed by atoms with Crippen LogP contribution in [0.5, 0.6) is 11.5 Å². The van der Waals surface area contributed by atoms with Crippen LogP contribution < -0.4 is 14.2 Å². The molecule has 116 valence electrons. The van der Waals surface area contributed by atoms with E-state index in [1.165, 1.54) is 25.4 Å². The minimum Gasteiger partial charge on any atom is -0.493 e. The number of ether oxygens (including phenoxy) is 2. The number of hydrogen-bond acceptors (Lipinski definition) is 6. The number of benzene rings is 1. The third kappa shape index (κ3) is 3.95. The molecule has 1 amide bonds. The number of rotatable bonds is 6. The summed E-state index contributed by atoms with van der Waals surface area (Å²) in [5.41, 5.74) is 0. The van der Waals surface area contributed by atoms with Crippen LogP contribution >= 0.6 is 0 Å². The summed E-state index contributed by atoms with van der Waals surface area (Å²) in [6.07, 6.45) is 2.59. The molecule has 8 heteroatoms. The van der Waals surface area contributed by atoms with E-state index < -0.39 is 22.5 Å². The Bertz CT molecular complexity index is 747. The zero-order valence-corrected chi connectivity index (χ0v) is 12.5. The lowest BCUT2D eigenvalue weighted by atomic mass is 10.3. The van der Waals surface area contributed by atoms with Crippen LogP contribution in [0.4, 0.5) is 0 Å². The van der Waals surface area contributed by atoms with Crippen LogP contribution in [-0.4, -0.2) is 33.0 Å². The molecule has 22 heavy (non-hydrogen) atoms. The van der Waals surface area contributed by atoms with Gasteiger partial charge in [-0.15, -0.1) is 0 Å². The van der Waals surface area contributed by atoms with E-state index in [-0.39, 0.29) is 4.90 Å². The summed E-state index contributed by atoms with van der Waals surface area (Å²) in [6.45, 7) is -0.458. The van der Waals surface area contributed by atoms with Gasteiger partial charge in [0.1, 0.15) is 4.90 Å². The normalized spacial score (nSPS) is 10.8. The second kappa shape index (κ2) is 6.90. The molecule has 0 saturated heterocycles. The van der Waals surface area contributed by atoms with Crippen molar-refractivity contribution in [3.8, 4) is 11.5 Å². The molecule has 0 spiro atoms. The Morgan fingerprint density at radius 1 is 1.18 bits per heavy atom. The fourth-order valence-electron chi connectivity index (χ4n) is 1.63. The lowest BCUT2D eigenvalue weighted by Gasteiger charge is -2.10. The summed E-state index contributed by atoms with van der Waals surface area (Å²) >= 11 is 0. The number of carbonyl (C=O) groups is 1. The highest BCUT2D eigenvalue weighted by Crippen LogP contribution is 2.25. The van der Waals surface area contributed by atoms with Crippen molar-refractivity contribution in [1.82, 2.24) is 9.71 Å². The molecule has 0 unspecified atom stereocenters. The van der Waals surface area contributed by atoms with Crippen molar-refractivity contribution >= 4 is 15.9 Å². The van der Waals surface area contributed by atoms with Gasteiger partial charge in [-0.2, -0.15) is 0 Å². The minimum absolute atomic E-state index is 0.0966. The van der Waals surface area contributed by atoms with Gasteiger partial charge in [0.05, 0.1) is 7.11 Å². The number of aromatic nitrogens is 1. The number of hydrogen-bond donors (Lipinski definition) is 1. The first-order valence-corrected chi connectivity index (χ1v) is 7.73. The van der Waals surface area contributed by atoms with Crippen molar-refractivity contribution < 1.29 is 22.7 Å². The zero-order valence-electron chi connectivity index (χ0n) is 11.7. The number of amides is 1. The van der Waals surface area contributed by atoms with Gasteiger partial charge in [-0.25, -0.2) is 13.1 Å². The number of nitrogens with one attached hydrogen (secondary N) is 1. The lowest BCUT2D eigenvalue weighted by molar-refractivity contribution is -0.121. The first kappa shape index (κ1) is 15.8. The van der Waals surface area contributed by atoms with Crippen molar-refractivity contribution in [1.29, 1.82) is 0 Å². The number of nitrogens with zero attached hydrogens (tertiary/aromatic N) is 1. The molecule has 0 atom stereocenters. The highest BCUT2D eigenvalue weighted by molar-refractivity contribution is 7.90. The molecule has 1 aromatic heterocycles. The molecule has 0 bridgehead atoms. The molecule has 1 aromatic carbocycles. The van der Waals surface area contributed by atoms with Gasteiger partial charge in [-0.3, -0.25) is 9.78 Å². The van der Waals surface area contributed by atoms with Crippen LogP contribution in [-0.2, 0) is 14.8 Å². The molecule has 0 fully saturated rings. The van der Waals surface area contributed by atoms with E-state index in [0.29, 0.717) is 11.5 Å². The van der Waals surface area contributed by atoms with Gasteiger partial charge in [0, 0.05) is 12.4 Å². The Kier molecular flexibility index (Phi) is 4.95. The summed E-state index contributed by atoms with van der Waals surface area (Å²) in [6, 6.07) is 9.54. The third-order valence-electron chi connectivity index (χ3n) is 2.62. The molecule has 7 nitrogen and oxygen atoms in total. The smallest absolute Gasteiger partial charge is 0.271 e. The van der Waals surface area contributed by atoms with E-state index in [2.05, 4.69) is 4.98 Å². The van der Waals surface area contributed by atoms with Crippen LogP contribution in [0.25, 0.3) is 0 Å². The molecule has 2 aromatic rings. The zero-order chi connectivity index (χ0) is 16.0. The van der Waals surface area contributed by atoms with Crippen LogP contribution in [0.2, 0.25) is 0 Å². The van der Waals surface area contributed by atoms with Gasteiger partial charge in [-0.1, -0.05) is 12.1 Å². The predicted molar refractivity (Wildman–Crippen MR) is 78.1 cm³/mol. The maximum atomic E-state index is 11.9. The molecular formula is C14H14N2O5S. The lowest BCUT2D eigenvalue weighted by Crippen LogP contribution is -2.34. The summed E-state index contributed by atoms with van der Waals surface area (Å²) in [4.78, 5) is 15.3. The number of para-hydroxylation sites is 2. The van der Waals surface area contributed by atoms with E-state index in [1.807, 2.05) is 4.72 Å². The fraction of sp³-hybridized carbons (Fsp3) is 0.143. The highest BCUT2D eigenvalue weighted by atomic mass is 32.2. The van der Waals surface area contributed by atoms with Crippen LogP contribution in [0, 0.1) is 0 Å². The van der Waals surface area contributed by atoms with Gasteiger partial charge in [0.2, 0.25) is 0 Å². The van der Waals surface area contributed by atoms with Crippen molar-refractivity contribution in [2.24, 2.45) is 0 Å². The quantitative estimate of drug-likeness (QED) is 0.852. The Balaban J connectivity index is 1.99. The average molecular weight is 322 g/mol. The molecule has 0 saturated carbocycles. The van der Waals surface area contributed by atoms with Crippen LogP contribution in [0.3, 0.4) is 0 Å². The molecule has 1 heterocycles. The first-order valence-electron chi connectivity index (χ1n) is 6.24. The topological polar surface area (TPSA) is 94.6 Å². The Morgan fingerprint density at radius 2 is 1.91 bits per heavy atom. The average Bonchev–Trinajstić information content (AvgIpc) is 2.53.